The number of halogens is 1. The Morgan fingerprint density at radius 1 is 0.765 bits per heavy atom. The Kier molecular flexibility index (Phi) is 10.5. The third kappa shape index (κ3) is 7.92. The fraction of sp³-hybridized carbons (Fsp3) is 0.367. The van der Waals surface area contributed by atoms with Crippen molar-refractivity contribution in [3.05, 3.63) is 82.9 Å². The molecule has 3 aromatic rings. The molecular weight excluding hydrogens is 444 g/mol. The van der Waals surface area contributed by atoms with Gasteiger partial charge in [-0.15, -0.1) is 0 Å². The number of carbonyl (C=O) groups is 1. The molecule has 0 radical (unpaired) electrons. The summed E-state index contributed by atoms with van der Waals surface area (Å²) in [7, 11) is 0. The fourth-order valence-electron chi connectivity index (χ4n) is 3.78. The molecule has 4 heteroatoms. The average Bonchev–Trinajstić information content (AvgIpc) is 2.86. The highest BCUT2D eigenvalue weighted by atomic mass is 35.5. The molecule has 0 aromatic heterocycles. The molecule has 0 saturated carbocycles. The number of ether oxygens (including phenoxy) is 2. The molecule has 0 N–H and O–H groups in total. The maximum atomic E-state index is 12.6. The topological polar surface area (TPSA) is 35.5 Å². The van der Waals surface area contributed by atoms with Crippen LogP contribution in [-0.2, 0) is 6.42 Å². The van der Waals surface area contributed by atoms with Gasteiger partial charge in [0.25, 0.3) is 0 Å². The molecule has 3 rings (SSSR count). The molecule has 0 saturated heterocycles. The lowest BCUT2D eigenvalue weighted by Gasteiger charge is -2.10. The van der Waals surface area contributed by atoms with Gasteiger partial charge < -0.3 is 9.47 Å². The minimum absolute atomic E-state index is 0.366. The molecule has 3 nitrogen and oxygen atoms in total. The average molecular weight is 479 g/mol. The predicted molar refractivity (Wildman–Crippen MR) is 141 cm³/mol. The Bertz CT molecular complexity index is 1030. The second kappa shape index (κ2) is 13.8. The van der Waals surface area contributed by atoms with E-state index in [4.69, 9.17) is 21.1 Å². The molecule has 34 heavy (non-hydrogen) atoms. The van der Waals surface area contributed by atoms with Gasteiger partial charge in [0, 0.05) is 0 Å². The van der Waals surface area contributed by atoms with Gasteiger partial charge in [-0.2, -0.15) is 0 Å². The highest BCUT2D eigenvalue weighted by Crippen LogP contribution is 2.31. The fourth-order valence-corrected chi connectivity index (χ4v) is 4.01. The molecule has 0 spiro atoms. The van der Waals surface area contributed by atoms with Crippen LogP contribution in [0.1, 0.15) is 74.7 Å². The number of hydrogen-bond donors (Lipinski definition) is 0. The van der Waals surface area contributed by atoms with E-state index in [0.29, 0.717) is 28.7 Å². The second-order valence-corrected chi connectivity index (χ2v) is 9.03. The van der Waals surface area contributed by atoms with Crippen LogP contribution >= 0.6 is 11.6 Å². The molecule has 0 amide bonds. The zero-order valence-electron chi connectivity index (χ0n) is 20.3. The van der Waals surface area contributed by atoms with Crippen LogP contribution in [0.4, 0.5) is 0 Å². The van der Waals surface area contributed by atoms with E-state index in [2.05, 4.69) is 13.8 Å². The number of carbonyl (C=O) groups excluding carboxylic acids is 1. The maximum absolute atomic E-state index is 12.6. The smallest absolute Gasteiger partial charge is 0.343 e. The van der Waals surface area contributed by atoms with Crippen LogP contribution < -0.4 is 9.47 Å². The second-order valence-electron chi connectivity index (χ2n) is 8.62. The van der Waals surface area contributed by atoms with Crippen molar-refractivity contribution in [3.8, 4) is 22.6 Å². The van der Waals surface area contributed by atoms with Crippen molar-refractivity contribution in [1.82, 2.24) is 0 Å². The summed E-state index contributed by atoms with van der Waals surface area (Å²) in [5.74, 6) is 0.902. The first-order chi connectivity index (χ1) is 16.6. The summed E-state index contributed by atoms with van der Waals surface area (Å²) < 4.78 is 11.4. The lowest BCUT2D eigenvalue weighted by molar-refractivity contribution is 0.0734. The summed E-state index contributed by atoms with van der Waals surface area (Å²) in [6.07, 6.45) is 9.32. The quantitative estimate of drug-likeness (QED) is 0.140. The first kappa shape index (κ1) is 25.8. The molecule has 0 heterocycles. The van der Waals surface area contributed by atoms with Crippen molar-refractivity contribution in [2.75, 3.05) is 6.61 Å². The number of rotatable bonds is 13. The summed E-state index contributed by atoms with van der Waals surface area (Å²) in [5, 5.41) is 0.592. The molecule has 180 valence electrons. The van der Waals surface area contributed by atoms with Crippen LogP contribution in [0.25, 0.3) is 11.1 Å². The first-order valence-corrected chi connectivity index (χ1v) is 12.8. The van der Waals surface area contributed by atoms with Gasteiger partial charge in [-0.25, -0.2) is 4.79 Å². The SMILES string of the molecule is CCCCCCOc1ccc(-c2ccc(C(=O)Oc3ccc(CCCCC)cc3)cc2)cc1Cl. The molecule has 0 aliphatic rings. The number of unbranched alkanes of at least 4 members (excludes halogenated alkanes) is 5. The highest BCUT2D eigenvalue weighted by Gasteiger charge is 2.10. The molecule has 0 aliphatic heterocycles. The maximum Gasteiger partial charge on any atom is 0.343 e. The van der Waals surface area contributed by atoms with E-state index in [-0.39, 0.29) is 5.97 Å². The Morgan fingerprint density at radius 3 is 2.12 bits per heavy atom. The Balaban J connectivity index is 1.55. The van der Waals surface area contributed by atoms with Crippen LogP contribution in [0.2, 0.25) is 5.02 Å². The van der Waals surface area contributed by atoms with E-state index in [0.717, 1.165) is 24.0 Å². The molecular formula is C30H35ClO3. The minimum atomic E-state index is -0.366. The van der Waals surface area contributed by atoms with Crippen LogP contribution in [-0.4, -0.2) is 12.6 Å². The van der Waals surface area contributed by atoms with E-state index in [1.807, 2.05) is 54.6 Å². The monoisotopic (exact) mass is 478 g/mol. The van der Waals surface area contributed by atoms with Gasteiger partial charge in [0.05, 0.1) is 17.2 Å². The molecule has 0 bridgehead atoms. The van der Waals surface area contributed by atoms with Crippen LogP contribution in [0, 0.1) is 0 Å². The van der Waals surface area contributed by atoms with Gasteiger partial charge in [-0.3, -0.25) is 0 Å². The first-order valence-electron chi connectivity index (χ1n) is 12.4. The van der Waals surface area contributed by atoms with Gasteiger partial charge in [-0.05, 0) is 72.4 Å². The summed E-state index contributed by atoms with van der Waals surface area (Å²) >= 11 is 6.44. The predicted octanol–water partition coefficient (Wildman–Crippen LogP) is 8.92. The van der Waals surface area contributed by atoms with Crippen LogP contribution in [0.5, 0.6) is 11.5 Å². The Hall–Kier alpha value is -2.78. The standard InChI is InChI=1S/C30H35ClO3/c1-3-5-7-9-21-33-29-20-17-26(22-28(29)31)24-13-15-25(16-14-24)30(32)34-27-18-11-23(12-19-27)10-8-6-4-2/h11-20,22H,3-10,21H2,1-2H3. The molecule has 3 aromatic carbocycles. The van der Waals surface area contributed by atoms with Crippen LogP contribution in [0.3, 0.4) is 0 Å². The Labute approximate surface area is 209 Å². The molecule has 0 unspecified atom stereocenters. The van der Waals surface area contributed by atoms with Gasteiger partial charge in [-0.1, -0.05) is 87.9 Å². The number of hydrogen-bond acceptors (Lipinski definition) is 3. The highest BCUT2D eigenvalue weighted by molar-refractivity contribution is 6.32. The zero-order chi connectivity index (χ0) is 24.2. The normalized spacial score (nSPS) is 10.8. The van der Waals surface area contributed by atoms with Gasteiger partial charge in [0.1, 0.15) is 11.5 Å². The van der Waals surface area contributed by atoms with Crippen molar-refractivity contribution in [2.45, 2.75) is 65.2 Å². The molecule has 0 fully saturated rings. The van der Waals surface area contributed by atoms with Crippen molar-refractivity contribution in [2.24, 2.45) is 0 Å². The summed E-state index contributed by atoms with van der Waals surface area (Å²) in [5.41, 5.74) is 3.73. The third-order valence-electron chi connectivity index (χ3n) is 5.84. The third-order valence-corrected chi connectivity index (χ3v) is 6.14. The zero-order valence-corrected chi connectivity index (χ0v) is 21.1. The van der Waals surface area contributed by atoms with E-state index >= 15 is 0 Å². The summed E-state index contributed by atoms with van der Waals surface area (Å²) in [4.78, 5) is 12.6. The lowest BCUT2D eigenvalue weighted by Crippen LogP contribution is -2.08. The molecule has 0 atom stereocenters. The van der Waals surface area contributed by atoms with Crippen molar-refractivity contribution in [1.29, 1.82) is 0 Å². The minimum Gasteiger partial charge on any atom is -0.492 e. The Morgan fingerprint density at radius 2 is 1.44 bits per heavy atom. The summed E-state index contributed by atoms with van der Waals surface area (Å²) in [6.45, 7) is 5.07. The number of esters is 1. The van der Waals surface area contributed by atoms with E-state index in [1.165, 1.54) is 44.1 Å². The van der Waals surface area contributed by atoms with Gasteiger partial charge in [0.2, 0.25) is 0 Å². The number of benzene rings is 3. The van der Waals surface area contributed by atoms with Gasteiger partial charge in [0.15, 0.2) is 0 Å². The molecule has 0 aliphatic carbocycles. The largest absolute Gasteiger partial charge is 0.492 e. The van der Waals surface area contributed by atoms with E-state index in [1.54, 1.807) is 12.1 Å². The van der Waals surface area contributed by atoms with E-state index < -0.39 is 0 Å². The van der Waals surface area contributed by atoms with Gasteiger partial charge >= 0.3 is 5.97 Å². The van der Waals surface area contributed by atoms with Crippen molar-refractivity contribution in [3.63, 3.8) is 0 Å². The lowest BCUT2D eigenvalue weighted by atomic mass is 10.0. The van der Waals surface area contributed by atoms with Crippen molar-refractivity contribution < 1.29 is 14.3 Å². The summed E-state index contributed by atoms with van der Waals surface area (Å²) in [6, 6.07) is 21.0. The van der Waals surface area contributed by atoms with Crippen LogP contribution in [0.15, 0.2) is 66.7 Å². The van der Waals surface area contributed by atoms with E-state index in [9.17, 15) is 4.79 Å². The number of aryl methyl sites for hydroxylation is 1. The van der Waals surface area contributed by atoms with Crippen molar-refractivity contribution >= 4 is 17.6 Å².